The van der Waals surface area contributed by atoms with Gasteiger partial charge in [0.15, 0.2) is 0 Å². The van der Waals surface area contributed by atoms with Crippen LogP contribution in [0.5, 0.6) is 0 Å². The van der Waals surface area contributed by atoms with Crippen molar-refractivity contribution in [1.82, 2.24) is 0 Å². The zero-order chi connectivity index (χ0) is 10.4. The van der Waals surface area contributed by atoms with Gasteiger partial charge in [-0.3, -0.25) is 0 Å². The van der Waals surface area contributed by atoms with Gasteiger partial charge in [-0.2, -0.15) is 0 Å². The highest BCUT2D eigenvalue weighted by Gasteiger charge is 2.09. The molecule has 1 atom stereocenters. The average Bonchev–Trinajstić information content (AvgIpc) is 2.20. The Balaban J connectivity index is 2.58. The second kappa shape index (κ2) is 5.58. The number of hydrogen-bond donors (Lipinski definition) is 0. The molecule has 0 heterocycles. The Bertz CT molecular complexity index is 277. The molecule has 1 aromatic carbocycles. The Morgan fingerprint density at radius 2 is 1.93 bits per heavy atom. The van der Waals surface area contributed by atoms with E-state index in [1.54, 1.807) is 6.92 Å². The quantitative estimate of drug-likeness (QED) is 0.694. The van der Waals surface area contributed by atoms with Crippen molar-refractivity contribution >= 4 is 5.78 Å². The summed E-state index contributed by atoms with van der Waals surface area (Å²) in [4.78, 5) is 10.9. The van der Waals surface area contributed by atoms with E-state index >= 15 is 0 Å². The van der Waals surface area contributed by atoms with Gasteiger partial charge in [0.25, 0.3) is 0 Å². The van der Waals surface area contributed by atoms with E-state index in [0.717, 1.165) is 12.8 Å². The summed E-state index contributed by atoms with van der Waals surface area (Å²) in [7, 11) is 0. The lowest BCUT2D eigenvalue weighted by molar-refractivity contribution is -0.117. The first kappa shape index (κ1) is 11.0. The van der Waals surface area contributed by atoms with Gasteiger partial charge in [0, 0.05) is 6.42 Å². The molecule has 1 heteroatoms. The average molecular weight is 190 g/mol. The molecule has 0 aliphatic rings. The van der Waals surface area contributed by atoms with Crippen LogP contribution in [0, 0.1) is 0 Å². The second-order valence-electron chi connectivity index (χ2n) is 3.76. The SMILES string of the molecule is CC[C@@H](CCC(C)=O)c1ccccc1. The maximum absolute atomic E-state index is 10.9. The van der Waals surface area contributed by atoms with Crippen LogP contribution in [0.2, 0.25) is 0 Å². The van der Waals surface area contributed by atoms with E-state index in [9.17, 15) is 4.79 Å². The summed E-state index contributed by atoms with van der Waals surface area (Å²) in [6.07, 6.45) is 2.79. The lowest BCUT2D eigenvalue weighted by Crippen LogP contribution is -2.00. The second-order valence-corrected chi connectivity index (χ2v) is 3.76. The van der Waals surface area contributed by atoms with E-state index in [-0.39, 0.29) is 0 Å². The maximum Gasteiger partial charge on any atom is 0.129 e. The molecule has 0 unspecified atom stereocenters. The van der Waals surface area contributed by atoms with Gasteiger partial charge in [0.2, 0.25) is 0 Å². The van der Waals surface area contributed by atoms with Crippen molar-refractivity contribution in [2.45, 2.75) is 39.0 Å². The van der Waals surface area contributed by atoms with Gasteiger partial charge in [0.1, 0.15) is 5.78 Å². The summed E-state index contributed by atoms with van der Waals surface area (Å²) in [5.74, 6) is 0.833. The molecule has 1 nitrogen and oxygen atoms in total. The van der Waals surface area contributed by atoms with E-state index in [1.165, 1.54) is 5.56 Å². The molecule has 0 saturated heterocycles. The van der Waals surface area contributed by atoms with Crippen molar-refractivity contribution in [2.24, 2.45) is 0 Å². The highest BCUT2D eigenvalue weighted by molar-refractivity contribution is 5.75. The van der Waals surface area contributed by atoms with Crippen LogP contribution in [0.3, 0.4) is 0 Å². The number of ketones is 1. The topological polar surface area (TPSA) is 17.1 Å². The smallest absolute Gasteiger partial charge is 0.129 e. The van der Waals surface area contributed by atoms with Gasteiger partial charge in [0.05, 0.1) is 0 Å². The summed E-state index contributed by atoms with van der Waals surface area (Å²) in [5, 5.41) is 0. The fourth-order valence-corrected chi connectivity index (χ4v) is 1.71. The number of carbonyl (C=O) groups excluding carboxylic acids is 1. The minimum absolute atomic E-state index is 0.291. The van der Waals surface area contributed by atoms with E-state index in [1.807, 2.05) is 6.07 Å². The van der Waals surface area contributed by atoms with E-state index in [4.69, 9.17) is 0 Å². The molecule has 0 radical (unpaired) electrons. The van der Waals surface area contributed by atoms with Crippen molar-refractivity contribution < 1.29 is 4.79 Å². The summed E-state index contributed by atoms with van der Waals surface area (Å²) < 4.78 is 0. The lowest BCUT2D eigenvalue weighted by atomic mass is 9.91. The molecule has 0 fully saturated rings. The third kappa shape index (κ3) is 3.33. The first-order valence-electron chi connectivity index (χ1n) is 5.28. The Morgan fingerprint density at radius 3 is 2.43 bits per heavy atom. The van der Waals surface area contributed by atoms with Gasteiger partial charge in [-0.15, -0.1) is 0 Å². The first-order valence-corrected chi connectivity index (χ1v) is 5.28. The number of benzene rings is 1. The molecule has 1 aromatic rings. The van der Waals surface area contributed by atoms with Gasteiger partial charge in [-0.1, -0.05) is 37.3 Å². The van der Waals surface area contributed by atoms with Crippen molar-refractivity contribution in [3.05, 3.63) is 35.9 Å². The van der Waals surface area contributed by atoms with Crippen molar-refractivity contribution in [3.8, 4) is 0 Å². The molecular weight excluding hydrogens is 172 g/mol. The van der Waals surface area contributed by atoms with Gasteiger partial charge in [-0.05, 0) is 31.2 Å². The Kier molecular flexibility index (Phi) is 4.37. The van der Waals surface area contributed by atoms with Crippen molar-refractivity contribution in [3.63, 3.8) is 0 Å². The first-order chi connectivity index (χ1) is 6.74. The summed E-state index contributed by atoms with van der Waals surface area (Å²) in [6, 6.07) is 10.4. The number of hydrogen-bond acceptors (Lipinski definition) is 1. The largest absolute Gasteiger partial charge is 0.300 e. The van der Waals surface area contributed by atoms with E-state index < -0.39 is 0 Å². The standard InChI is InChI=1S/C13H18O/c1-3-12(10-9-11(2)14)13-7-5-4-6-8-13/h4-8,12H,3,9-10H2,1-2H3/t12-/m0/s1. The van der Waals surface area contributed by atoms with Crippen LogP contribution < -0.4 is 0 Å². The minimum atomic E-state index is 0.291. The van der Waals surface area contributed by atoms with Crippen LogP contribution >= 0.6 is 0 Å². The number of carbonyl (C=O) groups is 1. The van der Waals surface area contributed by atoms with Gasteiger partial charge >= 0.3 is 0 Å². The van der Waals surface area contributed by atoms with Crippen LogP contribution in [-0.4, -0.2) is 5.78 Å². The molecule has 1 rings (SSSR count). The number of Topliss-reactive ketones (excluding diaryl/α,β-unsaturated/α-hetero) is 1. The number of rotatable bonds is 5. The van der Waals surface area contributed by atoms with E-state index in [0.29, 0.717) is 18.1 Å². The van der Waals surface area contributed by atoms with Crippen LogP contribution in [0.25, 0.3) is 0 Å². The normalized spacial score (nSPS) is 12.4. The highest BCUT2D eigenvalue weighted by atomic mass is 16.1. The van der Waals surface area contributed by atoms with Crippen LogP contribution in [0.4, 0.5) is 0 Å². The minimum Gasteiger partial charge on any atom is -0.300 e. The molecular formula is C13H18O. The Hall–Kier alpha value is -1.11. The van der Waals surface area contributed by atoms with Gasteiger partial charge in [-0.25, -0.2) is 0 Å². The fourth-order valence-electron chi connectivity index (χ4n) is 1.71. The third-order valence-corrected chi connectivity index (χ3v) is 2.61. The predicted molar refractivity (Wildman–Crippen MR) is 59.4 cm³/mol. The summed E-state index contributed by atoms with van der Waals surface area (Å²) in [6.45, 7) is 3.84. The zero-order valence-electron chi connectivity index (χ0n) is 8.99. The molecule has 0 aliphatic carbocycles. The molecule has 0 aliphatic heterocycles. The van der Waals surface area contributed by atoms with Crippen LogP contribution in [0.1, 0.15) is 44.6 Å². The third-order valence-electron chi connectivity index (χ3n) is 2.61. The Labute approximate surface area is 86.1 Å². The Morgan fingerprint density at radius 1 is 1.29 bits per heavy atom. The van der Waals surface area contributed by atoms with Crippen LogP contribution in [-0.2, 0) is 4.79 Å². The molecule has 0 bridgehead atoms. The molecule has 14 heavy (non-hydrogen) atoms. The maximum atomic E-state index is 10.9. The predicted octanol–water partition coefficient (Wildman–Crippen LogP) is 3.55. The fraction of sp³-hybridized carbons (Fsp3) is 0.462. The zero-order valence-corrected chi connectivity index (χ0v) is 8.99. The molecule has 0 N–H and O–H groups in total. The molecule has 0 spiro atoms. The van der Waals surface area contributed by atoms with Crippen molar-refractivity contribution in [2.75, 3.05) is 0 Å². The molecule has 0 saturated carbocycles. The monoisotopic (exact) mass is 190 g/mol. The lowest BCUT2D eigenvalue weighted by Gasteiger charge is -2.13. The van der Waals surface area contributed by atoms with Crippen LogP contribution in [0.15, 0.2) is 30.3 Å². The molecule has 0 aromatic heterocycles. The molecule has 0 amide bonds. The summed E-state index contributed by atoms with van der Waals surface area (Å²) in [5.41, 5.74) is 1.36. The van der Waals surface area contributed by atoms with Crippen molar-refractivity contribution in [1.29, 1.82) is 0 Å². The molecule has 76 valence electrons. The van der Waals surface area contributed by atoms with E-state index in [2.05, 4.69) is 31.2 Å². The summed E-state index contributed by atoms with van der Waals surface area (Å²) >= 11 is 0. The van der Waals surface area contributed by atoms with Gasteiger partial charge < -0.3 is 4.79 Å². The highest BCUT2D eigenvalue weighted by Crippen LogP contribution is 2.24.